The first-order chi connectivity index (χ1) is 11.5. The standard InChI is InChI=1S/C17H22N4O2S/c1-11-14(24-12(2)21-11)15(22)18-8-13-9-19-16(20-10-13)17(3)6-4-5-7-23-17/h9-10H,4-8H2,1-3H3,(H,18,22)/t17-/m1/s1. The van der Waals surface area contributed by atoms with Gasteiger partial charge in [-0.2, -0.15) is 0 Å². The third-order valence-electron chi connectivity index (χ3n) is 4.21. The largest absolute Gasteiger partial charge is 0.367 e. The van der Waals surface area contributed by atoms with Crippen LogP contribution in [-0.4, -0.2) is 27.5 Å². The van der Waals surface area contributed by atoms with E-state index < -0.39 is 5.60 Å². The Morgan fingerprint density at radius 2 is 2.08 bits per heavy atom. The zero-order valence-electron chi connectivity index (χ0n) is 14.3. The van der Waals surface area contributed by atoms with Gasteiger partial charge in [0.05, 0.1) is 10.7 Å². The van der Waals surface area contributed by atoms with Crippen molar-refractivity contribution in [1.29, 1.82) is 0 Å². The number of nitrogens with one attached hydrogen (secondary N) is 1. The molecule has 3 heterocycles. The molecule has 7 heteroatoms. The zero-order chi connectivity index (χ0) is 17.2. The molecule has 0 aromatic carbocycles. The van der Waals surface area contributed by atoms with Crippen LogP contribution in [-0.2, 0) is 16.9 Å². The Balaban J connectivity index is 1.62. The Labute approximate surface area is 145 Å². The summed E-state index contributed by atoms with van der Waals surface area (Å²) >= 11 is 1.41. The van der Waals surface area contributed by atoms with Gasteiger partial charge in [-0.3, -0.25) is 4.79 Å². The van der Waals surface area contributed by atoms with E-state index in [1.54, 1.807) is 12.4 Å². The molecule has 1 aliphatic heterocycles. The summed E-state index contributed by atoms with van der Waals surface area (Å²) in [6, 6.07) is 0. The van der Waals surface area contributed by atoms with Crippen LogP contribution in [0.5, 0.6) is 0 Å². The number of carbonyl (C=O) groups is 1. The van der Waals surface area contributed by atoms with Crippen molar-refractivity contribution in [2.75, 3.05) is 6.61 Å². The van der Waals surface area contributed by atoms with Crippen molar-refractivity contribution >= 4 is 17.2 Å². The summed E-state index contributed by atoms with van der Waals surface area (Å²) in [6.45, 7) is 6.94. The number of hydrogen-bond acceptors (Lipinski definition) is 6. The van der Waals surface area contributed by atoms with Crippen molar-refractivity contribution in [2.45, 2.75) is 52.2 Å². The fourth-order valence-electron chi connectivity index (χ4n) is 2.83. The van der Waals surface area contributed by atoms with Gasteiger partial charge in [0.1, 0.15) is 10.5 Å². The van der Waals surface area contributed by atoms with E-state index in [4.69, 9.17) is 4.74 Å². The Kier molecular flexibility index (Phi) is 4.91. The summed E-state index contributed by atoms with van der Waals surface area (Å²) in [6.07, 6.45) is 6.68. The quantitative estimate of drug-likeness (QED) is 0.921. The number of thiazole rings is 1. The van der Waals surface area contributed by atoms with Gasteiger partial charge in [0.2, 0.25) is 0 Å². The van der Waals surface area contributed by atoms with Gasteiger partial charge >= 0.3 is 0 Å². The minimum atomic E-state index is -0.392. The van der Waals surface area contributed by atoms with Crippen molar-refractivity contribution in [1.82, 2.24) is 20.3 Å². The molecular formula is C17H22N4O2S. The highest BCUT2D eigenvalue weighted by Gasteiger charge is 2.32. The van der Waals surface area contributed by atoms with Crippen LogP contribution in [0.4, 0.5) is 0 Å². The van der Waals surface area contributed by atoms with Crippen molar-refractivity contribution in [2.24, 2.45) is 0 Å². The van der Waals surface area contributed by atoms with E-state index in [1.807, 2.05) is 20.8 Å². The summed E-state index contributed by atoms with van der Waals surface area (Å²) in [5.74, 6) is 0.607. The number of carbonyl (C=O) groups excluding carboxylic acids is 1. The minimum absolute atomic E-state index is 0.107. The first-order valence-electron chi connectivity index (χ1n) is 8.15. The lowest BCUT2D eigenvalue weighted by Crippen LogP contribution is -2.32. The van der Waals surface area contributed by atoms with Crippen molar-refractivity contribution < 1.29 is 9.53 Å². The second kappa shape index (κ2) is 6.94. The lowest BCUT2D eigenvalue weighted by Gasteiger charge is -2.32. The van der Waals surface area contributed by atoms with Crippen LogP contribution in [0.3, 0.4) is 0 Å². The molecule has 2 aromatic heterocycles. The van der Waals surface area contributed by atoms with E-state index in [0.717, 1.165) is 42.1 Å². The van der Waals surface area contributed by atoms with Crippen LogP contribution in [0.15, 0.2) is 12.4 Å². The third-order valence-corrected chi connectivity index (χ3v) is 5.28. The molecule has 1 amide bonds. The summed E-state index contributed by atoms with van der Waals surface area (Å²) in [7, 11) is 0. The van der Waals surface area contributed by atoms with Crippen molar-refractivity contribution in [3.8, 4) is 0 Å². The Bertz CT molecular complexity index is 721. The fraction of sp³-hybridized carbons (Fsp3) is 0.529. The molecule has 24 heavy (non-hydrogen) atoms. The maximum absolute atomic E-state index is 12.2. The van der Waals surface area contributed by atoms with E-state index in [9.17, 15) is 4.79 Å². The topological polar surface area (TPSA) is 77.0 Å². The van der Waals surface area contributed by atoms with Crippen LogP contribution < -0.4 is 5.32 Å². The van der Waals surface area contributed by atoms with Crippen LogP contribution in [0, 0.1) is 13.8 Å². The Morgan fingerprint density at radius 1 is 1.33 bits per heavy atom. The molecule has 0 unspecified atom stereocenters. The molecule has 1 N–H and O–H groups in total. The predicted octanol–water partition coefficient (Wildman–Crippen LogP) is 2.90. The maximum atomic E-state index is 12.2. The summed E-state index contributed by atoms with van der Waals surface area (Å²) in [5.41, 5.74) is 1.24. The molecule has 6 nitrogen and oxygen atoms in total. The van der Waals surface area contributed by atoms with E-state index in [1.165, 1.54) is 11.3 Å². The predicted molar refractivity (Wildman–Crippen MR) is 91.9 cm³/mol. The molecular weight excluding hydrogens is 324 g/mol. The van der Waals surface area contributed by atoms with Gasteiger partial charge in [0.15, 0.2) is 5.82 Å². The van der Waals surface area contributed by atoms with Crippen LogP contribution in [0.2, 0.25) is 0 Å². The second-order valence-corrected chi connectivity index (χ2v) is 7.48. The van der Waals surface area contributed by atoms with Gasteiger partial charge in [0, 0.05) is 31.1 Å². The van der Waals surface area contributed by atoms with E-state index in [2.05, 4.69) is 20.3 Å². The SMILES string of the molecule is Cc1nc(C)c(C(=O)NCc2cnc([C@@]3(C)CCCCO3)nc2)s1. The molecule has 3 rings (SSSR count). The number of rotatable bonds is 4. The molecule has 2 aromatic rings. The van der Waals surface area contributed by atoms with Crippen LogP contribution >= 0.6 is 11.3 Å². The van der Waals surface area contributed by atoms with E-state index >= 15 is 0 Å². The van der Waals surface area contributed by atoms with Gasteiger partial charge in [-0.05, 0) is 40.0 Å². The average Bonchev–Trinajstić information content (AvgIpc) is 2.92. The highest BCUT2D eigenvalue weighted by molar-refractivity contribution is 7.13. The van der Waals surface area contributed by atoms with Crippen molar-refractivity contribution in [3.05, 3.63) is 39.4 Å². The van der Waals surface area contributed by atoms with E-state index in [0.29, 0.717) is 17.2 Å². The van der Waals surface area contributed by atoms with Gasteiger partial charge in [-0.1, -0.05) is 0 Å². The molecule has 0 aliphatic carbocycles. The second-order valence-electron chi connectivity index (χ2n) is 6.28. The normalized spacial score (nSPS) is 20.8. The molecule has 1 aliphatic rings. The monoisotopic (exact) mass is 346 g/mol. The molecule has 128 valence electrons. The Morgan fingerprint density at radius 3 is 2.67 bits per heavy atom. The smallest absolute Gasteiger partial charge is 0.263 e. The number of nitrogens with zero attached hydrogens (tertiary/aromatic N) is 3. The highest BCUT2D eigenvalue weighted by Crippen LogP contribution is 2.32. The third kappa shape index (κ3) is 3.62. The van der Waals surface area contributed by atoms with Crippen LogP contribution in [0.25, 0.3) is 0 Å². The zero-order valence-corrected chi connectivity index (χ0v) is 15.1. The first-order valence-corrected chi connectivity index (χ1v) is 8.97. The van der Waals surface area contributed by atoms with Crippen LogP contribution in [0.1, 0.15) is 57.9 Å². The highest BCUT2D eigenvalue weighted by atomic mass is 32.1. The molecule has 1 atom stereocenters. The number of aryl methyl sites for hydroxylation is 2. The fourth-order valence-corrected chi connectivity index (χ4v) is 3.67. The van der Waals surface area contributed by atoms with Gasteiger partial charge < -0.3 is 10.1 Å². The van der Waals surface area contributed by atoms with Gasteiger partial charge in [0.25, 0.3) is 5.91 Å². The summed E-state index contributed by atoms with van der Waals surface area (Å²) in [4.78, 5) is 26.1. The molecule has 0 bridgehead atoms. The average molecular weight is 346 g/mol. The number of hydrogen-bond donors (Lipinski definition) is 1. The number of amides is 1. The summed E-state index contributed by atoms with van der Waals surface area (Å²) in [5, 5.41) is 3.79. The molecule has 1 saturated heterocycles. The lowest BCUT2D eigenvalue weighted by atomic mass is 9.95. The number of ether oxygens (including phenoxy) is 1. The Hall–Kier alpha value is -1.86. The summed E-state index contributed by atoms with van der Waals surface area (Å²) < 4.78 is 5.86. The molecule has 0 spiro atoms. The maximum Gasteiger partial charge on any atom is 0.263 e. The van der Waals surface area contributed by atoms with Gasteiger partial charge in [-0.15, -0.1) is 11.3 Å². The van der Waals surface area contributed by atoms with Crippen molar-refractivity contribution in [3.63, 3.8) is 0 Å². The van der Waals surface area contributed by atoms with Gasteiger partial charge in [-0.25, -0.2) is 15.0 Å². The molecule has 0 saturated carbocycles. The minimum Gasteiger partial charge on any atom is -0.367 e. The molecule has 0 radical (unpaired) electrons. The lowest BCUT2D eigenvalue weighted by molar-refractivity contribution is -0.0760. The first kappa shape index (κ1) is 17.0. The number of aromatic nitrogens is 3. The molecule has 1 fully saturated rings. The van der Waals surface area contributed by atoms with E-state index in [-0.39, 0.29) is 5.91 Å².